The Morgan fingerprint density at radius 3 is 1.06 bits per heavy atom. The van der Waals surface area contributed by atoms with Crippen LogP contribution in [0.4, 0.5) is 0 Å². The largest absolute Gasteiger partial charge is 0.307 e. The Morgan fingerprint density at radius 2 is 0.586 bits per heavy atom. The minimum atomic E-state index is 0.588. The maximum Gasteiger partial charge on any atom is 0.237 e. The smallest absolute Gasteiger partial charge is 0.237 e. The van der Waals surface area contributed by atoms with E-state index in [2.05, 4.69) is 261 Å². The van der Waals surface area contributed by atoms with Crippen LogP contribution in [0.25, 0.3) is 133 Å². The van der Waals surface area contributed by atoms with Crippen LogP contribution in [-0.4, -0.2) is 28.2 Å². The van der Waals surface area contributed by atoms with E-state index in [1.807, 2.05) is 0 Å². The quantitative estimate of drug-likeness (QED) is 0.167. The van der Waals surface area contributed by atoms with Crippen LogP contribution in [0.5, 0.6) is 0 Å². The van der Waals surface area contributed by atoms with E-state index in [0.717, 1.165) is 99.7 Å². The lowest BCUT2D eigenvalue weighted by Gasteiger charge is -2.16. The van der Waals surface area contributed by atoms with Gasteiger partial charge in [-0.05, 0) is 59.7 Å². The van der Waals surface area contributed by atoms with Gasteiger partial charge in [-0.1, -0.05) is 188 Å². The Morgan fingerprint density at radius 1 is 0.243 bits per heavy atom. The van der Waals surface area contributed by atoms with E-state index >= 15 is 0 Å². The molecule has 5 aromatic heterocycles. The van der Waals surface area contributed by atoms with Crippen molar-refractivity contribution in [2.75, 3.05) is 0 Å². The lowest BCUT2D eigenvalue weighted by molar-refractivity contribution is 0.952. The monoisotopic (exact) mass is 892 g/mol. The van der Waals surface area contributed by atoms with Gasteiger partial charge in [-0.3, -0.25) is 9.13 Å². The number of fused-ring (bicyclic) bond motifs is 14. The molecule has 15 aromatic rings. The summed E-state index contributed by atoms with van der Waals surface area (Å²) >= 11 is 0. The summed E-state index contributed by atoms with van der Waals surface area (Å²) in [6.07, 6.45) is 0. The Kier molecular flexibility index (Phi) is 8.26. The predicted molar refractivity (Wildman–Crippen MR) is 290 cm³/mol. The zero-order valence-corrected chi connectivity index (χ0v) is 37.8. The molecule has 0 aliphatic carbocycles. The van der Waals surface area contributed by atoms with E-state index in [0.29, 0.717) is 5.95 Å². The van der Waals surface area contributed by atoms with Gasteiger partial charge < -0.3 is 9.13 Å². The molecule has 0 N–H and O–H groups in total. The van der Waals surface area contributed by atoms with Crippen LogP contribution in [-0.2, 0) is 0 Å². The molecule has 0 spiro atoms. The highest BCUT2D eigenvalue weighted by Gasteiger charge is 2.26. The van der Waals surface area contributed by atoms with Crippen molar-refractivity contribution in [1.82, 2.24) is 28.2 Å². The minimum absolute atomic E-state index is 0.588. The van der Waals surface area contributed by atoms with Gasteiger partial charge in [0.05, 0.1) is 49.8 Å². The lowest BCUT2D eigenvalue weighted by atomic mass is 10.0. The highest BCUT2D eigenvalue weighted by atomic mass is 15.2. The van der Waals surface area contributed by atoms with E-state index in [1.54, 1.807) is 0 Å². The van der Waals surface area contributed by atoms with Gasteiger partial charge in [0.25, 0.3) is 0 Å². The van der Waals surface area contributed by atoms with E-state index in [4.69, 9.17) is 9.97 Å². The van der Waals surface area contributed by atoms with Crippen LogP contribution < -0.4 is 0 Å². The summed E-state index contributed by atoms with van der Waals surface area (Å²) in [7, 11) is 0. The number of aromatic nitrogens is 6. The van der Waals surface area contributed by atoms with Gasteiger partial charge in [-0.25, -0.2) is 4.98 Å². The number of rotatable bonds is 6. The van der Waals surface area contributed by atoms with Crippen molar-refractivity contribution in [3.8, 4) is 45.5 Å². The van der Waals surface area contributed by atoms with Gasteiger partial charge in [-0.15, -0.1) is 0 Å². The first kappa shape index (κ1) is 38.6. The molecular formula is C64H40N6. The van der Waals surface area contributed by atoms with E-state index < -0.39 is 0 Å². The molecule has 0 atom stereocenters. The molecule has 10 aromatic carbocycles. The molecule has 0 bridgehead atoms. The van der Waals surface area contributed by atoms with Crippen molar-refractivity contribution in [2.45, 2.75) is 0 Å². The third-order valence-electron chi connectivity index (χ3n) is 14.4. The molecule has 0 aliphatic heterocycles. The Hall–Kier alpha value is -9.52. The maximum absolute atomic E-state index is 5.83. The summed E-state index contributed by atoms with van der Waals surface area (Å²) in [5.41, 5.74) is 15.1. The highest BCUT2D eigenvalue weighted by Crippen LogP contribution is 2.44. The van der Waals surface area contributed by atoms with E-state index in [9.17, 15) is 0 Å². The van der Waals surface area contributed by atoms with Crippen molar-refractivity contribution >= 4 is 87.2 Å². The fourth-order valence-electron chi connectivity index (χ4n) is 11.4. The maximum atomic E-state index is 5.83. The van der Waals surface area contributed by atoms with Crippen molar-refractivity contribution in [2.24, 2.45) is 0 Å². The molecule has 0 saturated carbocycles. The highest BCUT2D eigenvalue weighted by molar-refractivity contribution is 6.25. The molecule has 6 nitrogen and oxygen atoms in total. The summed E-state index contributed by atoms with van der Waals surface area (Å²) in [5.74, 6) is 1.36. The molecule has 0 unspecified atom stereocenters. The molecule has 70 heavy (non-hydrogen) atoms. The summed E-state index contributed by atoms with van der Waals surface area (Å²) < 4.78 is 9.56. The second-order valence-electron chi connectivity index (χ2n) is 18.2. The Bertz CT molecular complexity index is 4310. The first-order chi connectivity index (χ1) is 34.8. The second kappa shape index (κ2) is 15.0. The van der Waals surface area contributed by atoms with Crippen LogP contribution in [0.2, 0.25) is 0 Å². The topological polar surface area (TPSA) is 45.5 Å². The first-order valence-electron chi connectivity index (χ1n) is 23.8. The van der Waals surface area contributed by atoms with Crippen LogP contribution in [0.1, 0.15) is 0 Å². The van der Waals surface area contributed by atoms with Gasteiger partial charge in [0.1, 0.15) is 5.82 Å². The van der Waals surface area contributed by atoms with Gasteiger partial charge in [0, 0.05) is 66.1 Å². The average molecular weight is 893 g/mol. The third-order valence-corrected chi connectivity index (χ3v) is 14.4. The van der Waals surface area contributed by atoms with Crippen molar-refractivity contribution < 1.29 is 0 Å². The van der Waals surface area contributed by atoms with Gasteiger partial charge in [0.15, 0.2) is 0 Å². The van der Waals surface area contributed by atoms with Crippen LogP contribution >= 0.6 is 0 Å². The molecule has 0 amide bonds. The molecule has 0 fully saturated rings. The normalized spacial score (nSPS) is 12.0. The standard InChI is InChI=1S/C64H40N6/c1-4-18-41(19-5-1)42-32-34-43(35-33-42)54-40-59(69-57-30-16-12-26-48(57)52-38-36-50-46-24-10-14-28-55(46)67(60(50)62(52)69)44-20-6-2-7-21-44)66-64(65-54)70-58-31-17-13-27-49(58)53-39-37-51-47-25-11-15-29-56(47)68(61(51)63(53)70)45-22-8-3-9-23-45/h1-40H. The Labute approximate surface area is 401 Å². The summed E-state index contributed by atoms with van der Waals surface area (Å²) in [5, 5.41) is 9.33. The predicted octanol–water partition coefficient (Wildman–Crippen LogP) is 16.2. The van der Waals surface area contributed by atoms with Crippen LogP contribution in [0.3, 0.4) is 0 Å². The minimum Gasteiger partial charge on any atom is -0.307 e. The molecule has 326 valence electrons. The third kappa shape index (κ3) is 5.56. The van der Waals surface area contributed by atoms with Gasteiger partial charge >= 0.3 is 0 Å². The number of benzene rings is 10. The van der Waals surface area contributed by atoms with Crippen LogP contribution in [0, 0.1) is 0 Å². The number of para-hydroxylation sites is 6. The van der Waals surface area contributed by atoms with Crippen molar-refractivity contribution in [3.63, 3.8) is 0 Å². The van der Waals surface area contributed by atoms with E-state index in [-0.39, 0.29) is 0 Å². The second-order valence-corrected chi connectivity index (χ2v) is 18.2. The number of nitrogens with zero attached hydrogens (tertiary/aromatic N) is 6. The molecule has 15 rings (SSSR count). The fourth-order valence-corrected chi connectivity index (χ4v) is 11.4. The Balaban J connectivity index is 1.11. The van der Waals surface area contributed by atoms with Gasteiger partial charge in [0.2, 0.25) is 5.95 Å². The molecule has 5 heterocycles. The molecule has 6 heteroatoms. The number of hydrogen-bond acceptors (Lipinski definition) is 2. The molecule has 0 saturated heterocycles. The van der Waals surface area contributed by atoms with E-state index in [1.165, 1.54) is 27.1 Å². The average Bonchev–Trinajstić information content (AvgIpc) is 4.17. The van der Waals surface area contributed by atoms with Crippen molar-refractivity contribution in [3.05, 3.63) is 243 Å². The zero-order valence-electron chi connectivity index (χ0n) is 37.8. The SMILES string of the molecule is c1ccc(-c2ccc(-c3cc(-n4c5ccccc5c5ccc6c7ccccc7n(-c7ccccc7)c6c54)nc(-n4c5ccccc5c5ccc6c7ccccc7n(-c7ccccc7)c6c54)n3)cc2)cc1. The molecule has 0 radical (unpaired) electrons. The van der Waals surface area contributed by atoms with Crippen molar-refractivity contribution in [1.29, 1.82) is 0 Å². The first-order valence-corrected chi connectivity index (χ1v) is 23.8. The molecule has 0 aliphatic rings. The van der Waals surface area contributed by atoms with Crippen LogP contribution in [0.15, 0.2) is 243 Å². The summed E-state index contributed by atoms with van der Waals surface area (Å²) in [6, 6.07) is 87.1. The summed E-state index contributed by atoms with van der Waals surface area (Å²) in [4.78, 5) is 11.5. The van der Waals surface area contributed by atoms with Gasteiger partial charge in [-0.2, -0.15) is 4.98 Å². The zero-order chi connectivity index (χ0) is 45.9. The summed E-state index contributed by atoms with van der Waals surface area (Å²) in [6.45, 7) is 0. The lowest BCUT2D eigenvalue weighted by Crippen LogP contribution is -2.08. The number of hydrogen-bond donors (Lipinski definition) is 0. The fraction of sp³-hybridized carbons (Fsp3) is 0. The molecular weight excluding hydrogens is 853 g/mol.